The van der Waals surface area contributed by atoms with Gasteiger partial charge in [0, 0.05) is 12.5 Å². The molecule has 0 aromatic heterocycles. The summed E-state index contributed by atoms with van der Waals surface area (Å²) in [4.78, 5) is 50.2. The Morgan fingerprint density at radius 1 is 0.878 bits per heavy atom. The summed E-state index contributed by atoms with van der Waals surface area (Å²) in [6, 6.07) is 22.6. The number of carboxylic acid groups (broad SMARTS) is 1. The molecular weight excluding hydrogens is 528 g/mol. The molecule has 1 aliphatic carbocycles. The first-order valence-corrected chi connectivity index (χ1v) is 13.4. The van der Waals surface area contributed by atoms with E-state index < -0.39 is 48.5 Å². The van der Waals surface area contributed by atoms with Crippen LogP contribution in [0.4, 0.5) is 4.79 Å². The van der Waals surface area contributed by atoms with Gasteiger partial charge in [0.25, 0.3) is 0 Å². The number of ether oxygens (including phenoxy) is 3. The highest BCUT2D eigenvalue weighted by Crippen LogP contribution is 2.44. The molecule has 3 aromatic rings. The zero-order valence-corrected chi connectivity index (χ0v) is 22.2. The summed E-state index contributed by atoms with van der Waals surface area (Å²) < 4.78 is 16.1. The minimum absolute atomic E-state index is 0.00346. The number of hydrogen-bond donors (Lipinski definition) is 3. The largest absolute Gasteiger partial charge is 0.479 e. The summed E-state index contributed by atoms with van der Waals surface area (Å²) in [5.74, 6) is -2.86. The van der Waals surface area contributed by atoms with Crippen molar-refractivity contribution in [2.45, 2.75) is 43.6 Å². The Morgan fingerprint density at radius 2 is 1.51 bits per heavy atom. The minimum atomic E-state index is -1.36. The van der Waals surface area contributed by atoms with E-state index in [1.165, 1.54) is 0 Å². The molecule has 2 aliphatic rings. The summed E-state index contributed by atoms with van der Waals surface area (Å²) in [6.45, 7) is 0.173. The third-order valence-electron chi connectivity index (χ3n) is 7.23. The van der Waals surface area contributed by atoms with E-state index in [0.29, 0.717) is 0 Å². The summed E-state index contributed by atoms with van der Waals surface area (Å²) in [5.41, 5.74) is 4.96. The number of aliphatic carboxylic acids is 1. The van der Waals surface area contributed by atoms with Crippen LogP contribution in [0.2, 0.25) is 0 Å². The summed E-state index contributed by atoms with van der Waals surface area (Å²) >= 11 is 0. The molecule has 41 heavy (non-hydrogen) atoms. The molecule has 0 spiro atoms. The number of carbonyl (C=O) groups is 4. The first kappa shape index (κ1) is 27.9. The number of carbonyl (C=O) groups excluding carboxylic acids is 3. The number of fused-ring (bicyclic) bond motifs is 3. The van der Waals surface area contributed by atoms with Crippen molar-refractivity contribution in [2.75, 3.05) is 13.2 Å². The number of alkyl carbamates (subject to hydrolysis) is 1. The van der Waals surface area contributed by atoms with Gasteiger partial charge in [-0.1, -0.05) is 78.9 Å². The fourth-order valence-corrected chi connectivity index (χ4v) is 5.22. The second-order valence-electron chi connectivity index (χ2n) is 9.91. The van der Waals surface area contributed by atoms with E-state index in [-0.39, 0.29) is 32.2 Å². The predicted octanol–water partition coefficient (Wildman–Crippen LogP) is 3.39. The van der Waals surface area contributed by atoms with Crippen LogP contribution >= 0.6 is 0 Å². The van der Waals surface area contributed by atoms with Crippen molar-refractivity contribution in [1.82, 2.24) is 10.6 Å². The Balaban J connectivity index is 1.24. The third-order valence-corrected chi connectivity index (χ3v) is 7.23. The zero-order chi connectivity index (χ0) is 28.8. The van der Waals surface area contributed by atoms with Crippen LogP contribution in [-0.2, 0) is 35.2 Å². The zero-order valence-electron chi connectivity index (χ0n) is 22.2. The molecule has 0 radical (unpaired) electrons. The smallest absolute Gasteiger partial charge is 0.407 e. The van der Waals surface area contributed by atoms with Gasteiger partial charge in [0.1, 0.15) is 19.3 Å². The van der Waals surface area contributed by atoms with E-state index in [0.717, 1.165) is 27.8 Å². The topological polar surface area (TPSA) is 140 Å². The van der Waals surface area contributed by atoms with Gasteiger partial charge in [-0.2, -0.15) is 0 Å². The Bertz CT molecular complexity index is 1380. The fourth-order valence-electron chi connectivity index (χ4n) is 5.22. The number of benzene rings is 3. The highest BCUT2D eigenvalue weighted by molar-refractivity contribution is 5.90. The molecule has 5 rings (SSSR count). The lowest BCUT2D eigenvalue weighted by Crippen LogP contribution is -2.53. The van der Waals surface area contributed by atoms with E-state index in [1.54, 1.807) is 24.3 Å². The molecule has 1 saturated heterocycles. The van der Waals surface area contributed by atoms with Crippen molar-refractivity contribution in [1.29, 1.82) is 0 Å². The maximum Gasteiger partial charge on any atom is 0.407 e. The van der Waals surface area contributed by atoms with Crippen molar-refractivity contribution in [3.63, 3.8) is 0 Å². The lowest BCUT2D eigenvalue weighted by Gasteiger charge is -2.22. The lowest BCUT2D eigenvalue weighted by molar-refractivity contribution is -0.149. The second kappa shape index (κ2) is 12.6. The average molecular weight is 559 g/mol. The predicted molar refractivity (Wildman–Crippen MR) is 147 cm³/mol. The number of amides is 2. The van der Waals surface area contributed by atoms with Crippen LogP contribution in [0.1, 0.15) is 35.4 Å². The maximum absolute atomic E-state index is 13.2. The Hall–Kier alpha value is -4.70. The Labute approximate surface area is 236 Å². The van der Waals surface area contributed by atoms with Gasteiger partial charge in [0.05, 0.1) is 12.5 Å². The molecule has 2 unspecified atom stereocenters. The van der Waals surface area contributed by atoms with Crippen LogP contribution < -0.4 is 10.6 Å². The van der Waals surface area contributed by atoms with Gasteiger partial charge in [-0.3, -0.25) is 9.59 Å². The van der Waals surface area contributed by atoms with E-state index in [9.17, 15) is 24.3 Å². The van der Waals surface area contributed by atoms with Crippen molar-refractivity contribution in [3.8, 4) is 11.1 Å². The molecule has 3 N–H and O–H groups in total. The van der Waals surface area contributed by atoms with Crippen molar-refractivity contribution >= 4 is 23.9 Å². The first-order chi connectivity index (χ1) is 19.9. The molecule has 2 amide bonds. The highest BCUT2D eigenvalue weighted by atomic mass is 16.6. The maximum atomic E-state index is 13.2. The molecule has 1 fully saturated rings. The molecular formula is C31H30N2O8. The second-order valence-corrected chi connectivity index (χ2v) is 9.91. The molecule has 3 aromatic carbocycles. The number of nitrogens with one attached hydrogen (secondary N) is 2. The van der Waals surface area contributed by atoms with Crippen LogP contribution in [-0.4, -0.2) is 60.4 Å². The first-order valence-electron chi connectivity index (χ1n) is 13.4. The van der Waals surface area contributed by atoms with Crippen LogP contribution in [0, 0.1) is 0 Å². The van der Waals surface area contributed by atoms with Gasteiger partial charge < -0.3 is 30.0 Å². The molecule has 0 saturated carbocycles. The van der Waals surface area contributed by atoms with E-state index in [2.05, 4.69) is 10.6 Å². The number of carboxylic acids is 1. The average Bonchev–Trinajstić information content (AvgIpc) is 3.58. The normalized spacial score (nSPS) is 18.0. The molecule has 10 nitrogen and oxygen atoms in total. The number of hydrogen-bond acceptors (Lipinski definition) is 7. The fraction of sp³-hybridized carbons (Fsp3) is 0.290. The van der Waals surface area contributed by atoms with Crippen LogP contribution in [0.25, 0.3) is 11.1 Å². The van der Waals surface area contributed by atoms with Gasteiger partial charge in [0.15, 0.2) is 6.10 Å². The minimum Gasteiger partial charge on any atom is -0.479 e. The van der Waals surface area contributed by atoms with Crippen molar-refractivity contribution < 1.29 is 38.5 Å². The van der Waals surface area contributed by atoms with E-state index in [1.807, 2.05) is 54.6 Å². The molecule has 10 heteroatoms. The van der Waals surface area contributed by atoms with Gasteiger partial charge in [-0.15, -0.1) is 0 Å². The highest BCUT2D eigenvalue weighted by Gasteiger charge is 2.37. The molecule has 0 bridgehead atoms. The lowest BCUT2D eigenvalue weighted by atomic mass is 9.98. The van der Waals surface area contributed by atoms with Gasteiger partial charge in [-0.05, 0) is 34.2 Å². The van der Waals surface area contributed by atoms with Crippen molar-refractivity contribution in [3.05, 3.63) is 95.6 Å². The van der Waals surface area contributed by atoms with Crippen LogP contribution in [0.15, 0.2) is 78.9 Å². The van der Waals surface area contributed by atoms with Crippen LogP contribution in [0.3, 0.4) is 0 Å². The van der Waals surface area contributed by atoms with E-state index in [4.69, 9.17) is 14.2 Å². The van der Waals surface area contributed by atoms with E-state index >= 15 is 0 Å². The monoisotopic (exact) mass is 558 g/mol. The SMILES string of the molecule is O=C(C[C@H](NC(=O)OCC1c2ccccc2-c2ccccc21)C(=O)NC1CCOC1C(=O)O)OCc1ccccc1. The molecule has 3 atom stereocenters. The van der Waals surface area contributed by atoms with Gasteiger partial charge in [0.2, 0.25) is 5.91 Å². The Kier molecular flexibility index (Phi) is 8.59. The summed E-state index contributed by atoms with van der Waals surface area (Å²) in [5, 5.41) is 14.4. The standard InChI is InChI=1S/C31H30N2O8/c34-27(40-17-19-8-2-1-3-9-19)16-26(29(35)32-25-14-15-39-28(25)30(36)37)33-31(38)41-18-24-22-12-6-4-10-20(22)21-11-5-7-13-23(21)24/h1-13,24-26,28H,14-18H2,(H,32,35)(H,33,38)(H,36,37)/t25?,26-,28?/m0/s1. The van der Waals surface area contributed by atoms with Gasteiger partial charge in [-0.25, -0.2) is 9.59 Å². The van der Waals surface area contributed by atoms with Gasteiger partial charge >= 0.3 is 18.0 Å². The number of esters is 1. The van der Waals surface area contributed by atoms with Crippen molar-refractivity contribution in [2.24, 2.45) is 0 Å². The third kappa shape index (κ3) is 6.55. The molecule has 1 heterocycles. The van der Waals surface area contributed by atoms with Crippen LogP contribution in [0.5, 0.6) is 0 Å². The molecule has 212 valence electrons. The molecule has 1 aliphatic heterocycles. The quantitative estimate of drug-likeness (QED) is 0.322. The summed E-state index contributed by atoms with van der Waals surface area (Å²) in [6.07, 6.45) is -2.31. The summed E-state index contributed by atoms with van der Waals surface area (Å²) in [7, 11) is 0. The number of rotatable bonds is 10. The Morgan fingerprint density at radius 3 is 2.17 bits per heavy atom.